The topological polar surface area (TPSA) is 12.9 Å². The Kier molecular flexibility index (Phi) is 8.59. The van der Waals surface area contributed by atoms with Gasteiger partial charge in [-0.1, -0.05) is 182 Å². The normalized spacial score (nSPS) is 11.2. The molecule has 0 aliphatic heterocycles. The number of hydrogen-bond donors (Lipinski definition) is 0. The van der Waals surface area contributed by atoms with Crippen LogP contribution in [0.4, 0.5) is 0 Å². The summed E-state index contributed by atoms with van der Waals surface area (Å²) in [6.45, 7) is 0. The van der Waals surface area contributed by atoms with E-state index >= 15 is 0 Å². The van der Waals surface area contributed by atoms with E-state index in [-0.39, 0.29) is 0 Å². The van der Waals surface area contributed by atoms with Gasteiger partial charge in [-0.25, -0.2) is 4.98 Å². The van der Waals surface area contributed by atoms with Crippen LogP contribution in [-0.2, 0) is 0 Å². The Morgan fingerprint density at radius 1 is 0.196 bits per heavy atom. The third-order valence-electron chi connectivity index (χ3n) is 10.8. The molecular formula is C55H37N. The van der Waals surface area contributed by atoms with Crippen molar-refractivity contribution in [3.8, 4) is 78.1 Å². The van der Waals surface area contributed by atoms with E-state index in [0.717, 1.165) is 22.5 Å². The molecule has 0 unspecified atom stereocenters. The van der Waals surface area contributed by atoms with Gasteiger partial charge in [-0.15, -0.1) is 0 Å². The third kappa shape index (κ3) is 6.26. The van der Waals surface area contributed by atoms with Crippen LogP contribution in [0.15, 0.2) is 224 Å². The van der Waals surface area contributed by atoms with Crippen molar-refractivity contribution < 1.29 is 0 Å². The number of pyridine rings is 1. The van der Waals surface area contributed by atoms with Gasteiger partial charge in [0.15, 0.2) is 0 Å². The fourth-order valence-electron chi connectivity index (χ4n) is 8.15. The lowest BCUT2D eigenvalue weighted by Gasteiger charge is -2.20. The highest BCUT2D eigenvalue weighted by Crippen LogP contribution is 2.46. The van der Waals surface area contributed by atoms with Crippen molar-refractivity contribution in [1.82, 2.24) is 4.98 Å². The molecule has 0 amide bonds. The molecule has 0 aliphatic rings. The van der Waals surface area contributed by atoms with Crippen LogP contribution in [0.1, 0.15) is 0 Å². The Bertz CT molecular complexity index is 2910. The van der Waals surface area contributed by atoms with E-state index < -0.39 is 0 Å². The first kappa shape index (κ1) is 33.2. The zero-order valence-electron chi connectivity index (χ0n) is 30.8. The highest BCUT2D eigenvalue weighted by molar-refractivity contribution is 6.22. The van der Waals surface area contributed by atoms with E-state index in [4.69, 9.17) is 4.98 Å². The molecular weight excluding hydrogens is 675 g/mol. The maximum Gasteiger partial charge on any atom is 0.0709 e. The van der Waals surface area contributed by atoms with Crippen LogP contribution in [0.25, 0.3) is 99.7 Å². The van der Waals surface area contributed by atoms with E-state index in [1.165, 1.54) is 77.2 Å². The second-order valence-corrected chi connectivity index (χ2v) is 14.3. The van der Waals surface area contributed by atoms with Gasteiger partial charge in [-0.05, 0) is 120 Å². The minimum Gasteiger partial charge on any atom is -0.248 e. The lowest BCUT2D eigenvalue weighted by Crippen LogP contribution is -1.93. The van der Waals surface area contributed by atoms with E-state index in [1.54, 1.807) is 0 Å². The Labute approximate surface area is 327 Å². The number of hydrogen-bond acceptors (Lipinski definition) is 1. The molecule has 0 fully saturated rings. The molecule has 0 radical (unpaired) electrons. The van der Waals surface area contributed by atoms with Crippen molar-refractivity contribution in [2.45, 2.75) is 0 Å². The number of fused-ring (bicyclic) bond motifs is 2. The van der Waals surface area contributed by atoms with E-state index in [2.05, 4.69) is 218 Å². The van der Waals surface area contributed by atoms with Crippen molar-refractivity contribution in [3.05, 3.63) is 224 Å². The van der Waals surface area contributed by atoms with E-state index in [9.17, 15) is 0 Å². The number of benzene rings is 9. The van der Waals surface area contributed by atoms with Crippen LogP contribution in [-0.4, -0.2) is 4.98 Å². The molecule has 1 nitrogen and oxygen atoms in total. The second kappa shape index (κ2) is 14.5. The summed E-state index contributed by atoms with van der Waals surface area (Å²) >= 11 is 0. The summed E-state index contributed by atoms with van der Waals surface area (Å²) in [6, 6.07) is 80.8. The predicted octanol–water partition coefficient (Wildman–Crippen LogP) is 15.1. The van der Waals surface area contributed by atoms with Gasteiger partial charge >= 0.3 is 0 Å². The molecule has 10 aromatic rings. The van der Waals surface area contributed by atoms with E-state index in [0.29, 0.717) is 0 Å². The largest absolute Gasteiger partial charge is 0.248 e. The van der Waals surface area contributed by atoms with Crippen molar-refractivity contribution >= 4 is 21.5 Å². The van der Waals surface area contributed by atoms with Crippen molar-refractivity contribution in [2.75, 3.05) is 0 Å². The molecule has 1 heteroatoms. The molecule has 0 atom stereocenters. The predicted molar refractivity (Wildman–Crippen MR) is 237 cm³/mol. The summed E-state index contributed by atoms with van der Waals surface area (Å²) in [5, 5.41) is 4.86. The summed E-state index contributed by atoms with van der Waals surface area (Å²) in [4.78, 5) is 5.17. The maximum absolute atomic E-state index is 5.17. The van der Waals surface area contributed by atoms with Gasteiger partial charge in [0.2, 0.25) is 0 Å². The van der Waals surface area contributed by atoms with Crippen LogP contribution in [0.3, 0.4) is 0 Å². The van der Waals surface area contributed by atoms with Gasteiger partial charge in [0.25, 0.3) is 0 Å². The van der Waals surface area contributed by atoms with Crippen LogP contribution in [0, 0.1) is 0 Å². The Hall–Kier alpha value is -7.35. The smallest absolute Gasteiger partial charge is 0.0709 e. The quantitative estimate of drug-likeness (QED) is 0.150. The highest BCUT2D eigenvalue weighted by Gasteiger charge is 2.19. The van der Waals surface area contributed by atoms with Crippen LogP contribution < -0.4 is 0 Å². The summed E-state index contributed by atoms with van der Waals surface area (Å²) in [5.41, 5.74) is 16.1. The fourth-order valence-corrected chi connectivity index (χ4v) is 8.15. The highest BCUT2D eigenvalue weighted by atomic mass is 14.7. The third-order valence-corrected chi connectivity index (χ3v) is 10.8. The van der Waals surface area contributed by atoms with Gasteiger partial charge in [-0.2, -0.15) is 0 Å². The Morgan fingerprint density at radius 3 is 1.02 bits per heavy atom. The molecule has 1 aromatic heterocycles. The summed E-state index contributed by atoms with van der Waals surface area (Å²) in [5.74, 6) is 0. The zero-order valence-corrected chi connectivity index (χ0v) is 30.8. The summed E-state index contributed by atoms with van der Waals surface area (Å²) < 4.78 is 0. The zero-order chi connectivity index (χ0) is 37.3. The SMILES string of the molecule is c1ccc(-c2cc(-c3ccccc3)cc(-c3ccc4c(-c5ccccc5)c5cc(-c6cccc(-c7ccccc7)n6)ccc5c(-c5ccccc5)c4c3)c2)cc1. The average Bonchev–Trinajstić information content (AvgIpc) is 3.29. The standard InChI is InChI=1S/C55H37N/c1-6-17-38(18-7-1)45-33-46(39-19-8-2-9-20-39)35-47(34-45)43-29-31-48-50(36-43)54(41-23-12-4-13-24-41)49-32-30-44(37-51(49)55(48)42-25-14-5-15-26-42)53-28-16-27-52(56-53)40-21-10-3-11-22-40/h1-37H. The second-order valence-electron chi connectivity index (χ2n) is 14.3. The minimum atomic E-state index is 0.955. The van der Waals surface area contributed by atoms with Gasteiger partial charge in [-0.3, -0.25) is 0 Å². The monoisotopic (exact) mass is 711 g/mol. The molecule has 56 heavy (non-hydrogen) atoms. The first-order chi connectivity index (χ1) is 27.8. The van der Waals surface area contributed by atoms with Gasteiger partial charge in [0.1, 0.15) is 0 Å². The molecule has 0 saturated carbocycles. The molecule has 1 heterocycles. The first-order valence-corrected chi connectivity index (χ1v) is 19.2. The van der Waals surface area contributed by atoms with Crippen molar-refractivity contribution in [1.29, 1.82) is 0 Å². The lowest BCUT2D eigenvalue weighted by atomic mass is 9.83. The van der Waals surface area contributed by atoms with Crippen molar-refractivity contribution in [3.63, 3.8) is 0 Å². The fraction of sp³-hybridized carbons (Fsp3) is 0. The van der Waals surface area contributed by atoms with Gasteiger partial charge in [0, 0.05) is 11.1 Å². The summed E-state index contributed by atoms with van der Waals surface area (Å²) in [7, 11) is 0. The minimum absolute atomic E-state index is 0.955. The molecule has 10 rings (SSSR count). The molecule has 0 aliphatic carbocycles. The first-order valence-electron chi connectivity index (χ1n) is 19.2. The van der Waals surface area contributed by atoms with Crippen LogP contribution >= 0.6 is 0 Å². The Balaban J connectivity index is 1.24. The molecule has 0 spiro atoms. The van der Waals surface area contributed by atoms with Crippen LogP contribution in [0.2, 0.25) is 0 Å². The van der Waals surface area contributed by atoms with Gasteiger partial charge in [0.05, 0.1) is 11.4 Å². The van der Waals surface area contributed by atoms with Crippen LogP contribution in [0.5, 0.6) is 0 Å². The van der Waals surface area contributed by atoms with Gasteiger partial charge < -0.3 is 0 Å². The number of aromatic nitrogens is 1. The molecule has 262 valence electrons. The molecule has 0 bridgehead atoms. The summed E-state index contributed by atoms with van der Waals surface area (Å²) in [6.07, 6.45) is 0. The van der Waals surface area contributed by atoms with Crippen molar-refractivity contribution in [2.24, 2.45) is 0 Å². The molecule has 0 N–H and O–H groups in total. The number of rotatable bonds is 7. The average molecular weight is 712 g/mol. The lowest BCUT2D eigenvalue weighted by molar-refractivity contribution is 1.33. The molecule has 9 aromatic carbocycles. The maximum atomic E-state index is 5.17. The Morgan fingerprint density at radius 2 is 0.554 bits per heavy atom. The van der Waals surface area contributed by atoms with E-state index in [1.807, 2.05) is 6.07 Å². The molecule has 0 saturated heterocycles. The number of nitrogens with zero attached hydrogens (tertiary/aromatic N) is 1.